The Bertz CT molecular complexity index is 762. The lowest BCUT2D eigenvalue weighted by molar-refractivity contribution is 0.172. The molecule has 1 aliphatic heterocycles. The second-order valence-corrected chi connectivity index (χ2v) is 9.10. The molecule has 4 rings (SSSR count). The highest BCUT2D eigenvalue weighted by atomic mass is 127. The van der Waals surface area contributed by atoms with Crippen molar-refractivity contribution in [1.82, 2.24) is 15.1 Å². The molecule has 0 amide bonds. The first-order valence-corrected chi connectivity index (χ1v) is 11.7. The van der Waals surface area contributed by atoms with Crippen LogP contribution >= 0.6 is 24.0 Å². The van der Waals surface area contributed by atoms with Crippen LogP contribution in [0.1, 0.15) is 38.2 Å². The van der Waals surface area contributed by atoms with Gasteiger partial charge in [-0.25, -0.2) is 0 Å². The summed E-state index contributed by atoms with van der Waals surface area (Å²) in [6, 6.07) is 4.10. The molecule has 0 radical (unpaired) electrons. The fourth-order valence-electron chi connectivity index (χ4n) is 4.81. The van der Waals surface area contributed by atoms with Crippen molar-refractivity contribution in [3.8, 4) is 17.2 Å². The second-order valence-electron chi connectivity index (χ2n) is 9.10. The number of benzene rings is 1. The van der Waals surface area contributed by atoms with Gasteiger partial charge < -0.3 is 24.4 Å². The van der Waals surface area contributed by atoms with E-state index in [2.05, 4.69) is 22.0 Å². The average molecular weight is 559 g/mol. The molecule has 1 aromatic rings. The summed E-state index contributed by atoms with van der Waals surface area (Å²) in [5.41, 5.74) is 1.72. The normalized spacial score (nSPS) is 20.4. The van der Waals surface area contributed by atoms with Crippen molar-refractivity contribution >= 4 is 29.9 Å². The van der Waals surface area contributed by atoms with E-state index in [0.717, 1.165) is 57.7 Å². The molecule has 0 unspecified atom stereocenters. The molecule has 1 N–H and O–H groups in total. The standard InChI is InChI=1S/C24H38N4O3.HI/c1-5-25-23(26-17-24(8-9-24)19-6-7-19)28-12-10-27(11-13-28)16-18-14-20(29-2)22(31-4)21(15-18)30-3;/h14-15,19H,5-13,16-17H2,1-4H3,(H,25,26);1H. The molecule has 8 heteroatoms. The van der Waals surface area contributed by atoms with Crippen LogP contribution in [0.15, 0.2) is 17.1 Å². The summed E-state index contributed by atoms with van der Waals surface area (Å²) in [6.07, 6.45) is 5.60. The molecule has 1 aromatic carbocycles. The SMILES string of the molecule is CCNC(=NCC1(C2CC2)CC1)N1CCN(Cc2cc(OC)c(OC)c(OC)c2)CC1.I. The molecular weight excluding hydrogens is 519 g/mol. The predicted octanol–water partition coefficient (Wildman–Crippen LogP) is 3.60. The Morgan fingerprint density at radius 3 is 2.12 bits per heavy atom. The van der Waals surface area contributed by atoms with E-state index >= 15 is 0 Å². The minimum Gasteiger partial charge on any atom is -0.493 e. The number of methoxy groups -OCH3 is 3. The molecule has 3 aliphatic rings. The van der Waals surface area contributed by atoms with Crippen LogP contribution in [0.5, 0.6) is 17.2 Å². The summed E-state index contributed by atoms with van der Waals surface area (Å²) in [5.74, 6) is 4.12. The molecule has 180 valence electrons. The van der Waals surface area contributed by atoms with Crippen molar-refractivity contribution < 1.29 is 14.2 Å². The fourth-order valence-corrected chi connectivity index (χ4v) is 4.81. The Morgan fingerprint density at radius 1 is 1.03 bits per heavy atom. The molecule has 0 spiro atoms. The van der Waals surface area contributed by atoms with Gasteiger partial charge in [0.15, 0.2) is 17.5 Å². The molecule has 2 aliphatic carbocycles. The minimum atomic E-state index is 0. The number of guanidine groups is 1. The van der Waals surface area contributed by atoms with Gasteiger partial charge in [-0.05, 0) is 61.6 Å². The van der Waals surface area contributed by atoms with Crippen LogP contribution in [-0.2, 0) is 6.54 Å². The Balaban J connectivity index is 0.00000289. The van der Waals surface area contributed by atoms with Crippen LogP contribution in [0.4, 0.5) is 0 Å². The zero-order chi connectivity index (χ0) is 21.8. The van der Waals surface area contributed by atoms with Crippen molar-refractivity contribution in [1.29, 1.82) is 0 Å². The predicted molar refractivity (Wildman–Crippen MR) is 139 cm³/mol. The molecule has 0 aromatic heterocycles. The number of hydrogen-bond donors (Lipinski definition) is 1. The zero-order valence-corrected chi connectivity index (χ0v) is 22.3. The summed E-state index contributed by atoms with van der Waals surface area (Å²) < 4.78 is 16.5. The number of aliphatic imine (C=N–C) groups is 1. The number of ether oxygens (including phenoxy) is 3. The Labute approximate surface area is 209 Å². The van der Waals surface area contributed by atoms with Crippen molar-refractivity contribution in [3.63, 3.8) is 0 Å². The molecule has 0 atom stereocenters. The van der Waals surface area contributed by atoms with E-state index in [1.54, 1.807) is 21.3 Å². The van der Waals surface area contributed by atoms with Crippen molar-refractivity contribution in [2.24, 2.45) is 16.3 Å². The number of hydrogen-bond acceptors (Lipinski definition) is 5. The van der Waals surface area contributed by atoms with E-state index in [9.17, 15) is 0 Å². The van der Waals surface area contributed by atoms with Crippen LogP contribution in [0.25, 0.3) is 0 Å². The number of nitrogens with zero attached hydrogens (tertiary/aromatic N) is 3. The fraction of sp³-hybridized carbons (Fsp3) is 0.708. The molecule has 7 nitrogen and oxygen atoms in total. The van der Waals surface area contributed by atoms with E-state index in [-0.39, 0.29) is 24.0 Å². The maximum Gasteiger partial charge on any atom is 0.203 e. The van der Waals surface area contributed by atoms with E-state index in [1.807, 2.05) is 12.1 Å². The van der Waals surface area contributed by atoms with Crippen LogP contribution in [0.3, 0.4) is 0 Å². The lowest BCUT2D eigenvalue weighted by atomic mass is 10.0. The number of nitrogens with one attached hydrogen (secondary N) is 1. The highest BCUT2D eigenvalue weighted by Crippen LogP contribution is 2.61. The first-order chi connectivity index (χ1) is 15.1. The first kappa shape index (κ1) is 25.2. The van der Waals surface area contributed by atoms with Crippen LogP contribution in [-0.4, -0.2) is 76.4 Å². The van der Waals surface area contributed by atoms with Gasteiger partial charge in [0.25, 0.3) is 0 Å². The highest BCUT2D eigenvalue weighted by Gasteiger charge is 2.53. The lowest BCUT2D eigenvalue weighted by Gasteiger charge is -2.36. The van der Waals surface area contributed by atoms with Gasteiger partial charge in [0.05, 0.1) is 21.3 Å². The average Bonchev–Trinajstić information content (AvgIpc) is 3.70. The molecule has 0 bridgehead atoms. The first-order valence-electron chi connectivity index (χ1n) is 11.7. The van der Waals surface area contributed by atoms with Gasteiger partial charge in [0.2, 0.25) is 5.75 Å². The summed E-state index contributed by atoms with van der Waals surface area (Å²) in [4.78, 5) is 9.98. The molecule has 32 heavy (non-hydrogen) atoms. The number of halogens is 1. The van der Waals surface area contributed by atoms with Gasteiger partial charge in [0.1, 0.15) is 0 Å². The summed E-state index contributed by atoms with van der Waals surface area (Å²) >= 11 is 0. The largest absolute Gasteiger partial charge is 0.493 e. The van der Waals surface area contributed by atoms with Gasteiger partial charge in [-0.3, -0.25) is 9.89 Å². The Hall–Kier alpha value is -1.42. The van der Waals surface area contributed by atoms with Gasteiger partial charge in [0, 0.05) is 45.8 Å². The monoisotopic (exact) mass is 558 g/mol. The molecule has 3 fully saturated rings. The minimum absolute atomic E-state index is 0. The molecular formula is C24H39IN4O3. The quantitative estimate of drug-likeness (QED) is 0.284. The maximum atomic E-state index is 5.51. The van der Waals surface area contributed by atoms with Crippen molar-refractivity contribution in [2.75, 3.05) is 60.6 Å². The van der Waals surface area contributed by atoms with E-state index in [4.69, 9.17) is 19.2 Å². The zero-order valence-electron chi connectivity index (χ0n) is 20.0. The van der Waals surface area contributed by atoms with Crippen molar-refractivity contribution in [2.45, 2.75) is 39.2 Å². The topological polar surface area (TPSA) is 58.6 Å². The third kappa shape index (κ3) is 5.73. The van der Waals surface area contributed by atoms with Crippen LogP contribution in [0.2, 0.25) is 0 Å². The van der Waals surface area contributed by atoms with Gasteiger partial charge in [-0.1, -0.05) is 0 Å². The smallest absolute Gasteiger partial charge is 0.203 e. The highest BCUT2D eigenvalue weighted by molar-refractivity contribution is 14.0. The number of piperazine rings is 1. The molecule has 2 saturated carbocycles. The van der Waals surface area contributed by atoms with Crippen LogP contribution < -0.4 is 19.5 Å². The summed E-state index contributed by atoms with van der Waals surface area (Å²) in [6.45, 7) is 8.95. The van der Waals surface area contributed by atoms with Gasteiger partial charge in [-0.2, -0.15) is 0 Å². The van der Waals surface area contributed by atoms with Gasteiger partial charge in [-0.15, -0.1) is 24.0 Å². The van der Waals surface area contributed by atoms with Crippen molar-refractivity contribution in [3.05, 3.63) is 17.7 Å². The third-order valence-corrected chi connectivity index (χ3v) is 7.02. The molecule has 1 heterocycles. The summed E-state index contributed by atoms with van der Waals surface area (Å²) in [7, 11) is 4.96. The number of rotatable bonds is 9. The maximum absolute atomic E-state index is 5.51. The molecule has 1 saturated heterocycles. The Kier molecular flexibility index (Phi) is 8.77. The van der Waals surface area contributed by atoms with E-state index < -0.39 is 0 Å². The van der Waals surface area contributed by atoms with Gasteiger partial charge >= 0.3 is 0 Å². The summed E-state index contributed by atoms with van der Waals surface area (Å²) in [5, 5.41) is 3.53. The van der Waals surface area contributed by atoms with E-state index in [0.29, 0.717) is 22.7 Å². The van der Waals surface area contributed by atoms with Crippen LogP contribution in [0, 0.1) is 11.3 Å². The second kappa shape index (κ2) is 11.1. The van der Waals surface area contributed by atoms with E-state index in [1.165, 1.54) is 31.2 Å². The lowest BCUT2D eigenvalue weighted by Crippen LogP contribution is -2.52. The third-order valence-electron chi connectivity index (χ3n) is 7.02. The Morgan fingerprint density at radius 2 is 1.66 bits per heavy atom.